The fourth-order valence-corrected chi connectivity index (χ4v) is 1.77. The van der Waals surface area contributed by atoms with Gasteiger partial charge in [0.1, 0.15) is 0 Å². The lowest BCUT2D eigenvalue weighted by atomic mass is 9.79. The van der Waals surface area contributed by atoms with Gasteiger partial charge in [-0.05, 0) is 12.8 Å². The average molecular weight is 178 g/mol. The maximum Gasteiger partial charge on any atom is 0.306 e. The lowest BCUT2D eigenvalue weighted by Gasteiger charge is -2.27. The first-order valence-corrected chi connectivity index (χ1v) is 4.14. The van der Waals surface area contributed by atoms with E-state index in [1.54, 1.807) is 0 Å². The Kier molecular flexibility index (Phi) is 3.00. The second-order valence-electron chi connectivity index (χ2n) is 3.23. The Morgan fingerprint density at radius 3 is 2.33 bits per heavy atom. The number of hydrogen-bond donors (Lipinski definition) is 1. The minimum absolute atomic E-state index is 0.356. The summed E-state index contributed by atoms with van der Waals surface area (Å²) in [6.45, 7) is 0. The molecule has 12 heavy (non-hydrogen) atoms. The molecule has 1 N–H and O–H groups in total. The van der Waals surface area contributed by atoms with Crippen LogP contribution in [0.15, 0.2) is 0 Å². The van der Waals surface area contributed by atoms with Crippen LogP contribution in [-0.2, 0) is 4.79 Å². The lowest BCUT2D eigenvalue weighted by Crippen LogP contribution is -2.31. The summed E-state index contributed by atoms with van der Waals surface area (Å²) < 4.78 is 24.5. The van der Waals surface area contributed by atoms with E-state index in [-0.39, 0.29) is 0 Å². The predicted octanol–water partition coefficient (Wildman–Crippen LogP) is 2.14. The quantitative estimate of drug-likeness (QED) is 0.703. The van der Waals surface area contributed by atoms with Gasteiger partial charge in [0.05, 0.1) is 5.92 Å². The van der Waals surface area contributed by atoms with Crippen LogP contribution in [-0.4, -0.2) is 17.5 Å². The zero-order chi connectivity index (χ0) is 9.14. The topological polar surface area (TPSA) is 37.3 Å². The number of hydrogen-bond acceptors (Lipinski definition) is 1. The average Bonchev–Trinajstić information content (AvgIpc) is 2.04. The molecule has 2 atom stereocenters. The molecule has 0 saturated heterocycles. The normalized spacial score (nSPS) is 30.6. The van der Waals surface area contributed by atoms with E-state index in [4.69, 9.17) is 5.11 Å². The first kappa shape index (κ1) is 9.42. The molecule has 0 radical (unpaired) electrons. The summed E-state index contributed by atoms with van der Waals surface area (Å²) in [5.74, 6) is -2.81. The molecule has 2 unspecified atom stereocenters. The molecule has 0 heterocycles. The summed E-state index contributed by atoms with van der Waals surface area (Å²) in [5, 5.41) is 8.62. The predicted molar refractivity (Wildman–Crippen MR) is 39.1 cm³/mol. The van der Waals surface area contributed by atoms with Crippen LogP contribution < -0.4 is 0 Å². The number of halogens is 2. The summed E-state index contributed by atoms with van der Waals surface area (Å²) in [7, 11) is 0. The van der Waals surface area contributed by atoms with Crippen molar-refractivity contribution in [1.82, 2.24) is 0 Å². The summed E-state index contributed by atoms with van der Waals surface area (Å²) >= 11 is 0. The number of carboxylic acid groups (broad SMARTS) is 1. The molecule has 0 spiro atoms. The number of carboxylic acids is 1. The Morgan fingerprint density at radius 2 is 1.92 bits per heavy atom. The van der Waals surface area contributed by atoms with Crippen LogP contribution in [0, 0.1) is 11.8 Å². The van der Waals surface area contributed by atoms with Crippen LogP contribution in [0.3, 0.4) is 0 Å². The van der Waals surface area contributed by atoms with E-state index in [2.05, 4.69) is 0 Å². The van der Waals surface area contributed by atoms with Crippen LogP contribution >= 0.6 is 0 Å². The van der Waals surface area contributed by atoms with Crippen molar-refractivity contribution in [3.63, 3.8) is 0 Å². The van der Waals surface area contributed by atoms with E-state index >= 15 is 0 Å². The Bertz CT molecular complexity index is 170. The molecule has 0 aromatic carbocycles. The molecule has 0 aliphatic heterocycles. The van der Waals surface area contributed by atoms with Gasteiger partial charge >= 0.3 is 5.97 Å². The van der Waals surface area contributed by atoms with Crippen molar-refractivity contribution in [3.05, 3.63) is 0 Å². The first-order chi connectivity index (χ1) is 5.63. The number of carbonyl (C=O) groups is 1. The molecule has 1 saturated carbocycles. The Hall–Kier alpha value is -0.670. The molecule has 2 nitrogen and oxygen atoms in total. The van der Waals surface area contributed by atoms with Crippen LogP contribution in [0.1, 0.15) is 25.7 Å². The third-order valence-electron chi connectivity index (χ3n) is 2.46. The Morgan fingerprint density at radius 1 is 1.33 bits per heavy atom. The zero-order valence-corrected chi connectivity index (χ0v) is 6.67. The SMILES string of the molecule is O=C(O)C1CCCCC1C(F)F. The summed E-state index contributed by atoms with van der Waals surface area (Å²) in [4.78, 5) is 10.5. The highest BCUT2D eigenvalue weighted by atomic mass is 19.3. The molecular formula is C8H12F2O2. The van der Waals surface area contributed by atoms with Crippen molar-refractivity contribution >= 4 is 5.97 Å². The van der Waals surface area contributed by atoms with Crippen molar-refractivity contribution < 1.29 is 18.7 Å². The summed E-state index contributed by atoms with van der Waals surface area (Å²) in [6, 6.07) is 0. The molecule has 1 aliphatic rings. The molecule has 0 bridgehead atoms. The van der Waals surface area contributed by atoms with E-state index in [1.165, 1.54) is 0 Å². The Labute approximate surface area is 69.6 Å². The highest BCUT2D eigenvalue weighted by Gasteiger charge is 2.36. The molecule has 1 fully saturated rings. The minimum Gasteiger partial charge on any atom is -0.481 e. The highest BCUT2D eigenvalue weighted by Crippen LogP contribution is 2.34. The molecular weight excluding hydrogens is 166 g/mol. The maximum absolute atomic E-state index is 12.3. The molecule has 0 amide bonds. The monoisotopic (exact) mass is 178 g/mol. The second-order valence-corrected chi connectivity index (χ2v) is 3.23. The largest absolute Gasteiger partial charge is 0.481 e. The van der Waals surface area contributed by atoms with Crippen molar-refractivity contribution in [1.29, 1.82) is 0 Å². The van der Waals surface area contributed by atoms with Crippen molar-refractivity contribution in [3.8, 4) is 0 Å². The fraction of sp³-hybridized carbons (Fsp3) is 0.875. The van der Waals surface area contributed by atoms with Gasteiger partial charge in [0.2, 0.25) is 6.43 Å². The Balaban J connectivity index is 2.60. The number of rotatable bonds is 2. The van der Waals surface area contributed by atoms with Gasteiger partial charge in [0, 0.05) is 5.92 Å². The van der Waals surface area contributed by atoms with Crippen molar-refractivity contribution in [2.75, 3.05) is 0 Å². The first-order valence-electron chi connectivity index (χ1n) is 4.14. The minimum atomic E-state index is -2.48. The van der Waals surface area contributed by atoms with E-state index in [9.17, 15) is 13.6 Å². The molecule has 70 valence electrons. The van der Waals surface area contributed by atoms with E-state index < -0.39 is 24.2 Å². The van der Waals surface area contributed by atoms with Gasteiger partial charge in [-0.15, -0.1) is 0 Å². The second kappa shape index (κ2) is 3.83. The number of alkyl halides is 2. The van der Waals surface area contributed by atoms with Gasteiger partial charge in [0.25, 0.3) is 0 Å². The standard InChI is InChI=1S/C8H12F2O2/c9-7(10)5-3-1-2-4-6(5)8(11)12/h5-7H,1-4H2,(H,11,12). The van der Waals surface area contributed by atoms with Gasteiger partial charge < -0.3 is 5.11 Å². The van der Waals surface area contributed by atoms with E-state index in [0.717, 1.165) is 12.8 Å². The molecule has 1 rings (SSSR count). The third-order valence-corrected chi connectivity index (χ3v) is 2.46. The number of aliphatic carboxylic acids is 1. The smallest absolute Gasteiger partial charge is 0.306 e. The third kappa shape index (κ3) is 1.93. The molecule has 0 aromatic rings. The molecule has 0 aromatic heterocycles. The maximum atomic E-state index is 12.3. The van der Waals surface area contributed by atoms with Crippen LogP contribution in [0.25, 0.3) is 0 Å². The van der Waals surface area contributed by atoms with Gasteiger partial charge in [-0.2, -0.15) is 0 Å². The van der Waals surface area contributed by atoms with Gasteiger partial charge in [-0.1, -0.05) is 12.8 Å². The van der Waals surface area contributed by atoms with Gasteiger partial charge in [0.15, 0.2) is 0 Å². The fourth-order valence-electron chi connectivity index (χ4n) is 1.77. The zero-order valence-electron chi connectivity index (χ0n) is 6.67. The van der Waals surface area contributed by atoms with E-state index in [0.29, 0.717) is 12.8 Å². The van der Waals surface area contributed by atoms with Crippen LogP contribution in [0.5, 0.6) is 0 Å². The van der Waals surface area contributed by atoms with E-state index in [1.807, 2.05) is 0 Å². The van der Waals surface area contributed by atoms with Crippen molar-refractivity contribution in [2.45, 2.75) is 32.1 Å². The summed E-state index contributed by atoms with van der Waals surface area (Å²) in [6.07, 6.45) is -0.218. The molecule has 4 heteroatoms. The summed E-state index contributed by atoms with van der Waals surface area (Å²) in [5.41, 5.74) is 0. The van der Waals surface area contributed by atoms with Gasteiger partial charge in [-0.25, -0.2) is 8.78 Å². The molecule has 1 aliphatic carbocycles. The van der Waals surface area contributed by atoms with Crippen LogP contribution in [0.2, 0.25) is 0 Å². The van der Waals surface area contributed by atoms with Gasteiger partial charge in [-0.3, -0.25) is 4.79 Å². The van der Waals surface area contributed by atoms with Crippen LogP contribution in [0.4, 0.5) is 8.78 Å². The lowest BCUT2D eigenvalue weighted by molar-refractivity contribution is -0.148. The van der Waals surface area contributed by atoms with Crippen molar-refractivity contribution in [2.24, 2.45) is 11.8 Å². The highest BCUT2D eigenvalue weighted by molar-refractivity contribution is 5.70.